The molecule has 0 atom stereocenters. The van der Waals surface area contributed by atoms with E-state index in [4.69, 9.17) is 4.52 Å². The first-order valence-corrected chi connectivity index (χ1v) is 8.28. The van der Waals surface area contributed by atoms with E-state index in [0.29, 0.717) is 22.1 Å². The molecule has 2 aromatic carbocycles. The molecule has 0 unspecified atom stereocenters. The summed E-state index contributed by atoms with van der Waals surface area (Å²) in [5.74, 6) is -3.17. The fourth-order valence-electron chi connectivity index (χ4n) is 2.81. The molecule has 4 rings (SSSR count). The molecule has 0 radical (unpaired) electrons. The van der Waals surface area contributed by atoms with Crippen molar-refractivity contribution in [1.82, 2.24) is 14.7 Å². The van der Waals surface area contributed by atoms with Gasteiger partial charge in [-0.3, -0.25) is 4.57 Å². The Balaban J connectivity index is 1.69. The van der Waals surface area contributed by atoms with Crippen LogP contribution in [-0.2, 0) is 5.92 Å². The number of hydrogen-bond donors (Lipinski definition) is 0. The van der Waals surface area contributed by atoms with Gasteiger partial charge in [0, 0.05) is 13.1 Å². The van der Waals surface area contributed by atoms with Crippen molar-refractivity contribution < 1.29 is 31.2 Å². The number of aromatic nitrogens is 3. The first-order chi connectivity index (χ1) is 13.6. The van der Waals surface area contributed by atoms with Crippen molar-refractivity contribution in [1.29, 1.82) is 0 Å². The van der Waals surface area contributed by atoms with Crippen LogP contribution in [0.4, 0.5) is 22.0 Å². The van der Waals surface area contributed by atoms with Gasteiger partial charge in [-0.05, 0) is 35.4 Å². The van der Waals surface area contributed by atoms with Crippen molar-refractivity contribution in [2.24, 2.45) is 0 Å². The van der Waals surface area contributed by atoms with Gasteiger partial charge in [-0.15, -0.1) is 13.2 Å². The van der Waals surface area contributed by atoms with Crippen molar-refractivity contribution in [2.75, 3.05) is 0 Å². The van der Waals surface area contributed by atoms with Crippen LogP contribution in [0.5, 0.6) is 5.75 Å². The highest BCUT2D eigenvalue weighted by Gasteiger charge is 2.31. The Morgan fingerprint density at radius 2 is 1.66 bits per heavy atom. The first kappa shape index (κ1) is 18.9. The standard InChI is InChI=1S/C19H12F5N3O2/c1-18(20,21)16-9-27(10-25-16)17-14-8-12(4-7-15(14)29-26-17)11-2-5-13(6-3-11)28-19(22,23)24/h2-10H,1H3. The second-order valence-corrected chi connectivity index (χ2v) is 6.34. The molecule has 2 heterocycles. The molecule has 0 spiro atoms. The molecule has 0 amide bonds. The lowest BCUT2D eigenvalue weighted by atomic mass is 10.0. The number of ether oxygens (including phenoxy) is 1. The summed E-state index contributed by atoms with van der Waals surface area (Å²) >= 11 is 0. The van der Waals surface area contributed by atoms with Crippen molar-refractivity contribution in [3.8, 4) is 22.7 Å². The van der Waals surface area contributed by atoms with Crippen LogP contribution in [0.15, 0.2) is 59.5 Å². The fraction of sp³-hybridized carbons (Fsp3) is 0.158. The average Bonchev–Trinajstić information content (AvgIpc) is 3.27. The molecule has 0 bridgehead atoms. The van der Waals surface area contributed by atoms with E-state index in [0.717, 1.165) is 13.1 Å². The molecule has 4 aromatic rings. The van der Waals surface area contributed by atoms with Gasteiger partial charge in [0.1, 0.15) is 17.8 Å². The van der Waals surface area contributed by atoms with Gasteiger partial charge in [0.2, 0.25) is 0 Å². The quantitative estimate of drug-likeness (QED) is 0.406. The lowest BCUT2D eigenvalue weighted by molar-refractivity contribution is -0.274. The molecular weight excluding hydrogens is 397 g/mol. The van der Waals surface area contributed by atoms with Crippen molar-refractivity contribution in [3.63, 3.8) is 0 Å². The monoisotopic (exact) mass is 409 g/mol. The van der Waals surface area contributed by atoms with E-state index in [1.54, 1.807) is 18.2 Å². The minimum atomic E-state index is -4.77. The number of hydrogen-bond acceptors (Lipinski definition) is 4. The van der Waals surface area contributed by atoms with Gasteiger partial charge in [0.25, 0.3) is 5.92 Å². The van der Waals surface area contributed by atoms with Crippen LogP contribution >= 0.6 is 0 Å². The molecular formula is C19H12F5N3O2. The number of benzene rings is 2. The van der Waals surface area contributed by atoms with Crippen LogP contribution in [0.25, 0.3) is 27.9 Å². The Bertz CT molecular complexity index is 1160. The average molecular weight is 409 g/mol. The summed E-state index contributed by atoms with van der Waals surface area (Å²) in [6.45, 7) is 0.741. The van der Waals surface area contributed by atoms with Gasteiger partial charge < -0.3 is 9.26 Å². The molecule has 0 N–H and O–H groups in total. The molecule has 0 aliphatic rings. The molecule has 0 aliphatic heterocycles. The van der Waals surface area contributed by atoms with E-state index in [9.17, 15) is 22.0 Å². The SMILES string of the molecule is CC(F)(F)c1cn(-c2noc3ccc(-c4ccc(OC(F)(F)F)cc4)cc23)cn1. The highest BCUT2D eigenvalue weighted by atomic mass is 19.4. The zero-order valence-electron chi connectivity index (χ0n) is 14.7. The second-order valence-electron chi connectivity index (χ2n) is 6.34. The van der Waals surface area contributed by atoms with E-state index in [-0.39, 0.29) is 11.6 Å². The van der Waals surface area contributed by atoms with Crippen molar-refractivity contribution in [3.05, 3.63) is 60.7 Å². The van der Waals surface area contributed by atoms with Gasteiger partial charge in [-0.1, -0.05) is 23.4 Å². The Hall–Kier alpha value is -3.43. The van der Waals surface area contributed by atoms with E-state index in [1.807, 2.05) is 0 Å². The summed E-state index contributed by atoms with van der Waals surface area (Å²) in [7, 11) is 0. The van der Waals surface area contributed by atoms with Gasteiger partial charge in [-0.25, -0.2) is 4.98 Å². The van der Waals surface area contributed by atoms with Crippen molar-refractivity contribution >= 4 is 11.0 Å². The highest BCUT2D eigenvalue weighted by molar-refractivity contribution is 5.88. The zero-order valence-corrected chi connectivity index (χ0v) is 14.7. The maximum atomic E-state index is 13.4. The number of nitrogens with zero attached hydrogens (tertiary/aromatic N) is 3. The summed E-state index contributed by atoms with van der Waals surface area (Å²) in [6.07, 6.45) is -2.40. The van der Waals surface area contributed by atoms with E-state index < -0.39 is 18.0 Å². The molecule has 5 nitrogen and oxygen atoms in total. The van der Waals surface area contributed by atoms with Gasteiger partial charge in [0.05, 0.1) is 5.39 Å². The van der Waals surface area contributed by atoms with Crippen LogP contribution in [0, 0.1) is 0 Å². The van der Waals surface area contributed by atoms with Gasteiger partial charge >= 0.3 is 6.36 Å². The van der Waals surface area contributed by atoms with E-state index in [1.165, 1.54) is 35.2 Å². The van der Waals surface area contributed by atoms with Crippen LogP contribution in [0.3, 0.4) is 0 Å². The number of fused-ring (bicyclic) bond motifs is 1. The lowest BCUT2D eigenvalue weighted by Gasteiger charge is -2.09. The lowest BCUT2D eigenvalue weighted by Crippen LogP contribution is -2.16. The van der Waals surface area contributed by atoms with Crippen LogP contribution < -0.4 is 4.74 Å². The fourth-order valence-corrected chi connectivity index (χ4v) is 2.81. The molecule has 10 heteroatoms. The minimum Gasteiger partial charge on any atom is -0.406 e. The summed E-state index contributed by atoms with van der Waals surface area (Å²) in [4.78, 5) is 3.70. The Kier molecular flexibility index (Phi) is 4.29. The number of rotatable bonds is 4. The normalized spacial score (nSPS) is 12.5. The summed E-state index contributed by atoms with van der Waals surface area (Å²) in [5, 5.41) is 4.44. The Morgan fingerprint density at radius 1 is 0.966 bits per heavy atom. The zero-order chi connectivity index (χ0) is 20.8. The highest BCUT2D eigenvalue weighted by Crippen LogP contribution is 2.31. The first-order valence-electron chi connectivity index (χ1n) is 8.28. The molecule has 2 aromatic heterocycles. The summed E-state index contributed by atoms with van der Waals surface area (Å²) < 4.78 is 74.2. The Morgan fingerprint density at radius 3 is 2.28 bits per heavy atom. The maximum absolute atomic E-state index is 13.4. The van der Waals surface area contributed by atoms with Crippen LogP contribution in [-0.4, -0.2) is 21.1 Å². The smallest absolute Gasteiger partial charge is 0.406 e. The van der Waals surface area contributed by atoms with Crippen molar-refractivity contribution in [2.45, 2.75) is 19.2 Å². The van der Waals surface area contributed by atoms with E-state index >= 15 is 0 Å². The molecule has 29 heavy (non-hydrogen) atoms. The molecule has 0 aliphatic carbocycles. The predicted octanol–water partition coefficient (Wildman–Crippen LogP) is 5.69. The molecule has 0 saturated heterocycles. The molecule has 0 fully saturated rings. The van der Waals surface area contributed by atoms with E-state index in [2.05, 4.69) is 14.9 Å². The van der Waals surface area contributed by atoms with Crippen LogP contribution in [0.1, 0.15) is 12.6 Å². The third kappa shape index (κ3) is 3.91. The molecule has 150 valence electrons. The third-order valence-corrected chi connectivity index (χ3v) is 4.15. The van der Waals surface area contributed by atoms with Crippen LogP contribution in [0.2, 0.25) is 0 Å². The second kappa shape index (κ2) is 6.57. The minimum absolute atomic E-state index is 0.266. The largest absolute Gasteiger partial charge is 0.573 e. The molecule has 0 saturated carbocycles. The summed E-state index contributed by atoms with van der Waals surface area (Å²) in [6, 6.07) is 10.4. The number of alkyl halides is 5. The third-order valence-electron chi connectivity index (χ3n) is 4.15. The maximum Gasteiger partial charge on any atom is 0.573 e. The summed E-state index contributed by atoms with van der Waals surface area (Å²) in [5.41, 5.74) is 1.30. The Labute approximate surface area is 160 Å². The van der Waals surface area contributed by atoms with Gasteiger partial charge in [0.15, 0.2) is 11.4 Å². The predicted molar refractivity (Wildman–Crippen MR) is 92.8 cm³/mol. The number of halogens is 5. The number of imidazole rings is 1. The topological polar surface area (TPSA) is 53.1 Å². The van der Waals surface area contributed by atoms with Gasteiger partial charge in [-0.2, -0.15) is 8.78 Å².